The minimum atomic E-state index is -1.33. The number of carbonyl (C=O) groups excluding carboxylic acids is 3. The summed E-state index contributed by atoms with van der Waals surface area (Å²) in [5.41, 5.74) is 16.1. The Kier molecular flexibility index (Phi) is 12.8. The van der Waals surface area contributed by atoms with Crippen molar-refractivity contribution in [2.45, 2.75) is 64.3 Å². The molecule has 4 atom stereocenters. The lowest BCUT2D eigenvalue weighted by atomic mass is 10.0. The molecule has 0 aromatic carbocycles. The van der Waals surface area contributed by atoms with Gasteiger partial charge in [0.25, 0.3) is 0 Å². The quantitative estimate of drug-likeness (QED) is 0.0769. The Bertz CT molecular complexity index is 649. The zero-order valence-corrected chi connectivity index (χ0v) is 18.1. The number of aliphatic carboxylic acids is 1. The summed E-state index contributed by atoms with van der Waals surface area (Å²) < 4.78 is 0. The van der Waals surface area contributed by atoms with Gasteiger partial charge in [-0.15, -0.1) is 0 Å². The Balaban J connectivity index is 4.71. The molecular formula is C18H35N7O6. The zero-order valence-electron chi connectivity index (χ0n) is 18.1. The predicted octanol–water partition coefficient (Wildman–Crippen LogP) is -3.04. The minimum Gasteiger partial charge on any atom is -0.480 e. The molecule has 11 N–H and O–H groups in total. The highest BCUT2D eigenvalue weighted by Crippen LogP contribution is 2.04. The van der Waals surface area contributed by atoms with Crippen LogP contribution in [0.3, 0.4) is 0 Å². The molecule has 0 saturated carbocycles. The van der Waals surface area contributed by atoms with E-state index in [9.17, 15) is 29.4 Å². The van der Waals surface area contributed by atoms with E-state index in [2.05, 4.69) is 20.9 Å². The van der Waals surface area contributed by atoms with Crippen molar-refractivity contribution in [3.63, 3.8) is 0 Å². The second-order valence-corrected chi connectivity index (χ2v) is 7.59. The largest absolute Gasteiger partial charge is 0.480 e. The number of carbonyl (C=O) groups is 4. The number of nitrogens with zero attached hydrogens (tertiary/aromatic N) is 1. The lowest BCUT2D eigenvalue weighted by Gasteiger charge is -2.23. The third-order valence-electron chi connectivity index (χ3n) is 4.13. The van der Waals surface area contributed by atoms with E-state index < -0.39 is 54.5 Å². The van der Waals surface area contributed by atoms with Gasteiger partial charge in [0, 0.05) is 6.54 Å². The molecule has 0 aliphatic heterocycles. The van der Waals surface area contributed by atoms with Crippen molar-refractivity contribution in [3.8, 4) is 0 Å². The number of aliphatic hydroxyl groups is 1. The Hall–Kier alpha value is -2.93. The molecule has 0 aromatic heterocycles. The van der Waals surface area contributed by atoms with Gasteiger partial charge in [0.05, 0.1) is 18.7 Å². The summed E-state index contributed by atoms with van der Waals surface area (Å²) >= 11 is 0. The summed E-state index contributed by atoms with van der Waals surface area (Å²) in [6.07, 6.45) is -0.469. The molecule has 0 rings (SSSR count). The van der Waals surface area contributed by atoms with Crippen molar-refractivity contribution in [1.29, 1.82) is 0 Å². The van der Waals surface area contributed by atoms with Crippen molar-refractivity contribution in [2.24, 2.45) is 28.1 Å². The molecule has 13 nitrogen and oxygen atoms in total. The Morgan fingerprint density at radius 1 is 1.03 bits per heavy atom. The van der Waals surface area contributed by atoms with Crippen LogP contribution in [0.15, 0.2) is 4.99 Å². The van der Waals surface area contributed by atoms with Crippen LogP contribution in [0.5, 0.6) is 0 Å². The summed E-state index contributed by atoms with van der Waals surface area (Å²) in [6, 6.07) is -3.37. The van der Waals surface area contributed by atoms with Crippen LogP contribution in [0.4, 0.5) is 0 Å². The maximum atomic E-state index is 12.3. The fraction of sp³-hybridized carbons (Fsp3) is 0.722. The molecule has 0 aromatic rings. The van der Waals surface area contributed by atoms with Crippen LogP contribution in [0.1, 0.15) is 40.0 Å². The normalized spacial score (nSPS) is 14.6. The number of hydrogen-bond acceptors (Lipinski definition) is 7. The van der Waals surface area contributed by atoms with Crippen LogP contribution < -0.4 is 33.2 Å². The van der Waals surface area contributed by atoms with Crippen LogP contribution in [-0.2, 0) is 19.2 Å². The summed E-state index contributed by atoms with van der Waals surface area (Å²) in [7, 11) is 0. The van der Waals surface area contributed by atoms with Crippen molar-refractivity contribution < 1.29 is 29.4 Å². The fourth-order valence-corrected chi connectivity index (χ4v) is 2.56. The third kappa shape index (κ3) is 12.4. The first kappa shape index (κ1) is 28.1. The second-order valence-electron chi connectivity index (χ2n) is 7.59. The molecule has 13 heteroatoms. The standard InChI is InChI=1S/C18H35N7O6/c1-9(2)7-11(19)15(28)25-14(10(3)26)16(29)23-8-13(27)24-12(17(30)31)5-4-6-22-18(20)21/h9-12,14,26H,4-8,19H2,1-3H3,(H,23,29)(H,24,27)(H,25,28)(H,30,31)(H4,20,21,22). The van der Waals surface area contributed by atoms with E-state index in [1.807, 2.05) is 13.8 Å². The highest BCUT2D eigenvalue weighted by molar-refractivity contribution is 5.92. The van der Waals surface area contributed by atoms with Crippen molar-refractivity contribution in [2.75, 3.05) is 13.1 Å². The van der Waals surface area contributed by atoms with Gasteiger partial charge in [-0.2, -0.15) is 0 Å². The van der Waals surface area contributed by atoms with Gasteiger partial charge in [0.15, 0.2) is 5.96 Å². The average Bonchev–Trinajstić information content (AvgIpc) is 2.64. The third-order valence-corrected chi connectivity index (χ3v) is 4.13. The zero-order chi connectivity index (χ0) is 24.1. The number of guanidine groups is 1. The number of aliphatic imine (C=N–C) groups is 1. The van der Waals surface area contributed by atoms with Gasteiger partial charge in [-0.3, -0.25) is 19.4 Å². The van der Waals surface area contributed by atoms with Crippen LogP contribution in [-0.4, -0.2) is 77.2 Å². The molecule has 178 valence electrons. The Morgan fingerprint density at radius 3 is 2.13 bits per heavy atom. The van der Waals surface area contributed by atoms with E-state index in [1.165, 1.54) is 6.92 Å². The van der Waals surface area contributed by atoms with Gasteiger partial charge >= 0.3 is 5.97 Å². The number of hydrogen-bond donors (Lipinski definition) is 8. The SMILES string of the molecule is CC(C)CC(N)C(=O)NC(C(=O)NCC(=O)NC(CCCN=C(N)N)C(=O)O)C(C)O. The Morgan fingerprint density at radius 2 is 1.65 bits per heavy atom. The van der Waals surface area contributed by atoms with Crippen molar-refractivity contribution in [1.82, 2.24) is 16.0 Å². The first-order valence-corrected chi connectivity index (χ1v) is 9.94. The number of carboxylic acid groups (broad SMARTS) is 1. The van der Waals surface area contributed by atoms with Crippen LogP contribution in [0.2, 0.25) is 0 Å². The highest BCUT2D eigenvalue weighted by Gasteiger charge is 2.28. The van der Waals surface area contributed by atoms with E-state index in [0.717, 1.165) is 0 Å². The molecule has 3 amide bonds. The molecule has 0 spiro atoms. The van der Waals surface area contributed by atoms with E-state index >= 15 is 0 Å². The van der Waals surface area contributed by atoms with Gasteiger partial charge in [0.1, 0.15) is 12.1 Å². The average molecular weight is 446 g/mol. The van der Waals surface area contributed by atoms with E-state index in [0.29, 0.717) is 12.8 Å². The lowest BCUT2D eigenvalue weighted by molar-refractivity contribution is -0.142. The maximum absolute atomic E-state index is 12.3. The molecule has 0 aliphatic carbocycles. The van der Waals surface area contributed by atoms with Gasteiger partial charge in [-0.05, 0) is 32.1 Å². The number of nitrogens with one attached hydrogen (secondary N) is 3. The molecule has 31 heavy (non-hydrogen) atoms. The summed E-state index contributed by atoms with van der Waals surface area (Å²) in [6.45, 7) is 4.72. The van der Waals surface area contributed by atoms with Gasteiger partial charge in [-0.1, -0.05) is 13.8 Å². The smallest absolute Gasteiger partial charge is 0.326 e. The van der Waals surface area contributed by atoms with Crippen molar-refractivity contribution in [3.05, 3.63) is 0 Å². The number of carboxylic acids is 1. The van der Waals surface area contributed by atoms with Gasteiger partial charge < -0.3 is 43.4 Å². The molecule has 0 saturated heterocycles. The van der Waals surface area contributed by atoms with E-state index in [4.69, 9.17) is 17.2 Å². The predicted molar refractivity (Wildman–Crippen MR) is 114 cm³/mol. The highest BCUT2D eigenvalue weighted by atomic mass is 16.4. The van der Waals surface area contributed by atoms with E-state index in [-0.39, 0.29) is 24.8 Å². The maximum Gasteiger partial charge on any atom is 0.326 e. The van der Waals surface area contributed by atoms with E-state index in [1.54, 1.807) is 0 Å². The molecule has 0 bridgehead atoms. The lowest BCUT2D eigenvalue weighted by Crippen LogP contribution is -2.57. The topological polar surface area (TPSA) is 235 Å². The monoisotopic (exact) mass is 445 g/mol. The molecular weight excluding hydrogens is 410 g/mol. The number of aliphatic hydroxyl groups excluding tert-OH is 1. The first-order chi connectivity index (χ1) is 14.3. The molecule has 4 unspecified atom stereocenters. The molecule has 0 radical (unpaired) electrons. The molecule has 0 heterocycles. The second kappa shape index (κ2) is 14.1. The first-order valence-electron chi connectivity index (χ1n) is 9.94. The Labute approximate surface area is 181 Å². The van der Waals surface area contributed by atoms with Gasteiger partial charge in [-0.25, -0.2) is 4.79 Å². The van der Waals surface area contributed by atoms with Crippen LogP contribution in [0.25, 0.3) is 0 Å². The molecule has 0 fully saturated rings. The summed E-state index contributed by atoms with van der Waals surface area (Å²) in [5, 5.41) is 25.9. The summed E-state index contributed by atoms with van der Waals surface area (Å²) in [5.74, 6) is -3.39. The number of rotatable bonds is 14. The number of nitrogens with two attached hydrogens (primary N) is 3. The summed E-state index contributed by atoms with van der Waals surface area (Å²) in [4.78, 5) is 51.5. The minimum absolute atomic E-state index is 0.0753. The van der Waals surface area contributed by atoms with Crippen LogP contribution in [0, 0.1) is 5.92 Å². The number of amides is 3. The van der Waals surface area contributed by atoms with Crippen molar-refractivity contribution >= 4 is 29.7 Å². The van der Waals surface area contributed by atoms with Gasteiger partial charge in [0.2, 0.25) is 17.7 Å². The van der Waals surface area contributed by atoms with Crippen LogP contribution >= 0.6 is 0 Å². The molecule has 0 aliphatic rings. The fourth-order valence-electron chi connectivity index (χ4n) is 2.56.